The van der Waals surface area contributed by atoms with E-state index in [0.717, 1.165) is 55.7 Å². The Labute approximate surface area is 156 Å². The summed E-state index contributed by atoms with van der Waals surface area (Å²) in [7, 11) is 0. The van der Waals surface area contributed by atoms with Gasteiger partial charge in [0.05, 0.1) is 11.7 Å². The summed E-state index contributed by atoms with van der Waals surface area (Å²) < 4.78 is 1.56. The van der Waals surface area contributed by atoms with Crippen LogP contribution in [0.5, 0.6) is 0 Å². The van der Waals surface area contributed by atoms with Crippen molar-refractivity contribution in [2.45, 2.75) is 25.8 Å². The van der Waals surface area contributed by atoms with Gasteiger partial charge in [-0.1, -0.05) is 0 Å². The van der Waals surface area contributed by atoms with Gasteiger partial charge in [-0.05, 0) is 49.2 Å². The van der Waals surface area contributed by atoms with Crippen molar-refractivity contribution in [3.63, 3.8) is 0 Å². The molecule has 2 aliphatic rings. The molecule has 2 aromatic rings. The topological polar surface area (TPSA) is 67.2 Å². The van der Waals surface area contributed by atoms with Gasteiger partial charge in [-0.15, -0.1) is 23.7 Å². The minimum Gasteiger partial charge on any atom is -0.343 e. The van der Waals surface area contributed by atoms with Crippen molar-refractivity contribution in [2.24, 2.45) is 11.8 Å². The maximum absolute atomic E-state index is 12.5. The number of nitrogens with one attached hydrogen (secondary N) is 1. The number of aromatic nitrogens is 2. The molecule has 25 heavy (non-hydrogen) atoms. The van der Waals surface area contributed by atoms with Crippen molar-refractivity contribution in [2.75, 3.05) is 26.2 Å². The van der Waals surface area contributed by atoms with Crippen LogP contribution in [0.25, 0.3) is 10.2 Å². The maximum Gasteiger partial charge on any atom is 0.262 e. The Balaban J connectivity index is 0.00000182. The highest BCUT2D eigenvalue weighted by Gasteiger charge is 2.31. The fraction of sp³-hybridized carbons (Fsp3) is 0.588. The number of aryl methyl sites for hydroxylation is 1. The van der Waals surface area contributed by atoms with Crippen LogP contribution in [-0.4, -0.2) is 46.5 Å². The summed E-state index contributed by atoms with van der Waals surface area (Å²) in [6.45, 7) is 4.28. The molecule has 4 heterocycles. The van der Waals surface area contributed by atoms with Crippen LogP contribution < -0.4 is 10.9 Å². The number of rotatable bonds is 3. The molecule has 2 fully saturated rings. The molecule has 2 atom stereocenters. The van der Waals surface area contributed by atoms with Crippen molar-refractivity contribution >= 4 is 39.9 Å². The van der Waals surface area contributed by atoms with E-state index in [1.807, 2.05) is 10.3 Å². The number of thiophene rings is 1. The van der Waals surface area contributed by atoms with Crippen LogP contribution in [0.4, 0.5) is 0 Å². The number of hydrogen-bond acceptors (Lipinski definition) is 5. The van der Waals surface area contributed by atoms with Gasteiger partial charge in [0.15, 0.2) is 0 Å². The minimum absolute atomic E-state index is 0. The Bertz CT molecular complexity index is 791. The fourth-order valence-electron chi connectivity index (χ4n) is 3.89. The number of halogens is 1. The summed E-state index contributed by atoms with van der Waals surface area (Å²) in [4.78, 5) is 32.0. The standard InChI is InChI=1S/C17H22N4O2S.ClH/c22-15(20-5-1-12-9-18-10-13(12)2-6-20)3-7-21-11-19-16-14(17(21)23)4-8-24-16;/h4,8,11-13,18H,1-3,5-7,9-10H2;1H/t12-,13+;. The number of fused-ring (bicyclic) bond motifs is 2. The number of nitrogens with zero attached hydrogens (tertiary/aromatic N) is 3. The summed E-state index contributed by atoms with van der Waals surface area (Å²) in [6.07, 6.45) is 4.11. The molecule has 0 bridgehead atoms. The predicted octanol–water partition coefficient (Wildman–Crippen LogP) is 1.73. The first kappa shape index (κ1) is 18.4. The largest absolute Gasteiger partial charge is 0.343 e. The normalized spacial score (nSPS) is 23.1. The van der Waals surface area contributed by atoms with Crippen molar-refractivity contribution in [1.82, 2.24) is 19.8 Å². The first-order valence-corrected chi connectivity index (χ1v) is 9.51. The number of likely N-dealkylation sites (tertiary alicyclic amines) is 1. The second kappa shape index (κ2) is 7.85. The summed E-state index contributed by atoms with van der Waals surface area (Å²) in [5.74, 6) is 1.59. The molecule has 1 amide bonds. The van der Waals surface area contributed by atoms with Crippen molar-refractivity contribution < 1.29 is 4.79 Å². The molecule has 0 unspecified atom stereocenters. The molecular weight excluding hydrogens is 360 g/mol. The third-order valence-electron chi connectivity index (χ3n) is 5.39. The Morgan fingerprint density at radius 3 is 2.72 bits per heavy atom. The molecule has 2 aromatic heterocycles. The van der Waals surface area contributed by atoms with Crippen molar-refractivity contribution in [3.05, 3.63) is 28.1 Å². The molecule has 6 nitrogen and oxygen atoms in total. The van der Waals surface area contributed by atoms with Gasteiger partial charge in [-0.2, -0.15) is 0 Å². The average Bonchev–Trinajstić information content (AvgIpc) is 3.20. The van der Waals surface area contributed by atoms with Gasteiger partial charge >= 0.3 is 0 Å². The zero-order valence-electron chi connectivity index (χ0n) is 14.0. The molecule has 136 valence electrons. The lowest BCUT2D eigenvalue weighted by Crippen LogP contribution is -2.34. The second-order valence-electron chi connectivity index (χ2n) is 6.77. The molecular formula is C17H23ClN4O2S. The third kappa shape index (κ3) is 3.73. The van der Waals surface area contributed by atoms with E-state index in [4.69, 9.17) is 0 Å². The van der Waals surface area contributed by atoms with Gasteiger partial charge in [-0.25, -0.2) is 4.98 Å². The van der Waals surface area contributed by atoms with Crippen molar-refractivity contribution in [1.29, 1.82) is 0 Å². The second-order valence-corrected chi connectivity index (χ2v) is 7.66. The number of amides is 1. The number of carbonyl (C=O) groups is 1. The Kier molecular flexibility index (Phi) is 5.76. The van der Waals surface area contributed by atoms with Crippen molar-refractivity contribution in [3.8, 4) is 0 Å². The highest BCUT2D eigenvalue weighted by molar-refractivity contribution is 7.16. The molecule has 0 saturated carbocycles. The SMILES string of the molecule is Cl.O=C(CCn1cnc2sccc2c1=O)N1CC[C@@H]2CNC[C@@H]2CC1. The van der Waals surface area contributed by atoms with Crippen LogP contribution in [0.1, 0.15) is 19.3 Å². The number of carbonyl (C=O) groups excluding carboxylic acids is 1. The van der Waals surface area contributed by atoms with E-state index >= 15 is 0 Å². The quantitative estimate of drug-likeness (QED) is 0.877. The molecule has 8 heteroatoms. The van der Waals surface area contributed by atoms with Gasteiger partial charge < -0.3 is 10.2 Å². The maximum atomic E-state index is 12.5. The van der Waals surface area contributed by atoms with E-state index < -0.39 is 0 Å². The first-order valence-electron chi connectivity index (χ1n) is 8.63. The van der Waals surface area contributed by atoms with Crippen LogP contribution in [0.15, 0.2) is 22.6 Å². The van der Waals surface area contributed by atoms with Gasteiger partial charge in [0.2, 0.25) is 5.91 Å². The predicted molar refractivity (Wildman–Crippen MR) is 101 cm³/mol. The van der Waals surface area contributed by atoms with Crippen LogP contribution in [0.3, 0.4) is 0 Å². The smallest absolute Gasteiger partial charge is 0.262 e. The fourth-order valence-corrected chi connectivity index (χ4v) is 4.62. The van der Waals surface area contributed by atoms with Gasteiger partial charge in [0.25, 0.3) is 5.56 Å². The average molecular weight is 383 g/mol. The van der Waals surface area contributed by atoms with E-state index in [1.165, 1.54) is 11.3 Å². The van der Waals surface area contributed by atoms with Gasteiger partial charge in [0.1, 0.15) is 4.83 Å². The van der Waals surface area contributed by atoms with Crippen LogP contribution in [0, 0.1) is 11.8 Å². The lowest BCUT2D eigenvalue weighted by Gasteiger charge is -2.21. The molecule has 2 saturated heterocycles. The molecule has 0 spiro atoms. The first-order chi connectivity index (χ1) is 11.7. The summed E-state index contributed by atoms with van der Waals surface area (Å²) in [5, 5.41) is 5.97. The summed E-state index contributed by atoms with van der Waals surface area (Å²) in [5.41, 5.74) is -0.0504. The lowest BCUT2D eigenvalue weighted by atomic mass is 9.92. The monoisotopic (exact) mass is 382 g/mol. The third-order valence-corrected chi connectivity index (χ3v) is 6.21. The lowest BCUT2D eigenvalue weighted by molar-refractivity contribution is -0.131. The van der Waals surface area contributed by atoms with E-state index in [-0.39, 0.29) is 23.9 Å². The molecule has 2 aliphatic heterocycles. The van der Waals surface area contributed by atoms with Crippen LogP contribution in [-0.2, 0) is 11.3 Å². The number of hydrogen-bond donors (Lipinski definition) is 1. The molecule has 1 N–H and O–H groups in total. The zero-order valence-corrected chi connectivity index (χ0v) is 15.7. The Morgan fingerprint density at radius 1 is 1.28 bits per heavy atom. The molecule has 0 radical (unpaired) electrons. The zero-order chi connectivity index (χ0) is 16.5. The van der Waals surface area contributed by atoms with Crippen LogP contribution >= 0.6 is 23.7 Å². The Morgan fingerprint density at radius 2 is 2.00 bits per heavy atom. The summed E-state index contributed by atoms with van der Waals surface area (Å²) in [6, 6.07) is 1.80. The van der Waals surface area contributed by atoms with Crippen LogP contribution in [0.2, 0.25) is 0 Å². The highest BCUT2D eigenvalue weighted by atomic mass is 35.5. The molecule has 4 rings (SSSR count). The van der Waals surface area contributed by atoms with E-state index in [2.05, 4.69) is 10.3 Å². The Hall–Kier alpha value is -1.44. The highest BCUT2D eigenvalue weighted by Crippen LogP contribution is 2.27. The molecule has 0 aromatic carbocycles. The summed E-state index contributed by atoms with van der Waals surface area (Å²) >= 11 is 1.46. The van der Waals surface area contributed by atoms with Gasteiger partial charge in [0, 0.05) is 26.1 Å². The van der Waals surface area contributed by atoms with E-state index in [1.54, 1.807) is 17.0 Å². The van der Waals surface area contributed by atoms with E-state index in [0.29, 0.717) is 18.4 Å². The molecule has 0 aliphatic carbocycles. The van der Waals surface area contributed by atoms with E-state index in [9.17, 15) is 9.59 Å². The van der Waals surface area contributed by atoms with Gasteiger partial charge in [-0.3, -0.25) is 14.2 Å². The minimum atomic E-state index is -0.0504.